The number of nitrogens with one attached hydrogen (secondary N) is 3. The maximum atomic E-state index is 11.2. The normalized spacial score (nSPS) is 17.1. The molecule has 0 aliphatic heterocycles. The van der Waals surface area contributed by atoms with Gasteiger partial charge in [-0.3, -0.25) is 15.2 Å². The summed E-state index contributed by atoms with van der Waals surface area (Å²) in [6.07, 6.45) is 9.41. The summed E-state index contributed by atoms with van der Waals surface area (Å²) in [7, 11) is 0. The standard InChI is InChI=1S/C12H16N4O/c1-9-7-11(17)15-12(14-9)16-13-8-10-5-3-2-4-6-10/h2-3,7-8,13H,4-6H2,1H3,(H2,14,15,16,17). The molecule has 0 fully saturated rings. The Kier molecular flexibility index (Phi) is 3.59. The topological polar surface area (TPSA) is 69.8 Å². The molecular formula is C12H16N4O. The van der Waals surface area contributed by atoms with Gasteiger partial charge in [0.1, 0.15) is 0 Å². The predicted molar refractivity (Wildman–Crippen MR) is 67.4 cm³/mol. The van der Waals surface area contributed by atoms with Crippen molar-refractivity contribution in [2.75, 3.05) is 5.43 Å². The van der Waals surface area contributed by atoms with Crippen molar-refractivity contribution in [1.29, 1.82) is 0 Å². The quantitative estimate of drug-likeness (QED) is 0.547. The molecule has 2 rings (SSSR count). The van der Waals surface area contributed by atoms with Gasteiger partial charge in [-0.1, -0.05) is 12.2 Å². The largest absolute Gasteiger partial charge is 0.306 e. The fourth-order valence-corrected chi connectivity index (χ4v) is 1.70. The van der Waals surface area contributed by atoms with Crippen LogP contribution in [0.1, 0.15) is 25.0 Å². The summed E-state index contributed by atoms with van der Waals surface area (Å²) in [4.78, 5) is 17.9. The number of nitrogens with zero attached hydrogens (tertiary/aromatic N) is 1. The Morgan fingerprint density at radius 1 is 1.47 bits per heavy atom. The molecule has 0 saturated carbocycles. The number of rotatable bonds is 3. The molecule has 90 valence electrons. The van der Waals surface area contributed by atoms with Gasteiger partial charge in [-0.15, -0.1) is 0 Å². The molecule has 0 unspecified atom stereocenters. The average Bonchev–Trinajstić information content (AvgIpc) is 2.29. The summed E-state index contributed by atoms with van der Waals surface area (Å²) in [6, 6.07) is 1.45. The van der Waals surface area contributed by atoms with E-state index >= 15 is 0 Å². The third-order valence-corrected chi connectivity index (χ3v) is 2.52. The third-order valence-electron chi connectivity index (χ3n) is 2.52. The monoisotopic (exact) mass is 232 g/mol. The minimum absolute atomic E-state index is 0.157. The first kappa shape index (κ1) is 11.4. The minimum atomic E-state index is -0.157. The molecule has 0 amide bonds. The van der Waals surface area contributed by atoms with Crippen LogP contribution >= 0.6 is 0 Å². The van der Waals surface area contributed by atoms with Crippen LogP contribution in [0.15, 0.2) is 34.8 Å². The molecule has 17 heavy (non-hydrogen) atoms. The van der Waals surface area contributed by atoms with Crippen molar-refractivity contribution in [1.82, 2.24) is 15.4 Å². The zero-order chi connectivity index (χ0) is 12.1. The summed E-state index contributed by atoms with van der Waals surface area (Å²) in [5.74, 6) is 0.429. The molecule has 1 heterocycles. The van der Waals surface area contributed by atoms with E-state index in [1.54, 1.807) is 6.92 Å². The van der Waals surface area contributed by atoms with E-state index in [1.807, 2.05) is 6.20 Å². The van der Waals surface area contributed by atoms with E-state index in [9.17, 15) is 4.79 Å². The average molecular weight is 232 g/mol. The lowest BCUT2D eigenvalue weighted by Gasteiger charge is -2.10. The van der Waals surface area contributed by atoms with E-state index in [-0.39, 0.29) is 5.56 Å². The molecule has 1 aliphatic rings. The molecule has 1 aliphatic carbocycles. The molecular weight excluding hydrogens is 216 g/mol. The molecule has 5 nitrogen and oxygen atoms in total. The Balaban J connectivity index is 1.93. The lowest BCUT2D eigenvalue weighted by Crippen LogP contribution is -2.21. The van der Waals surface area contributed by atoms with Crippen molar-refractivity contribution >= 4 is 5.95 Å². The molecule has 0 radical (unpaired) electrons. The third kappa shape index (κ3) is 3.48. The zero-order valence-electron chi connectivity index (χ0n) is 9.79. The van der Waals surface area contributed by atoms with Gasteiger partial charge >= 0.3 is 0 Å². The summed E-state index contributed by atoms with van der Waals surface area (Å²) in [6.45, 7) is 1.78. The fourth-order valence-electron chi connectivity index (χ4n) is 1.70. The van der Waals surface area contributed by atoms with Crippen LogP contribution in [0.2, 0.25) is 0 Å². The lowest BCUT2D eigenvalue weighted by atomic mass is 10.0. The van der Waals surface area contributed by atoms with Crippen LogP contribution in [0.3, 0.4) is 0 Å². The number of allylic oxidation sites excluding steroid dienone is 3. The lowest BCUT2D eigenvalue weighted by molar-refractivity contribution is 0.864. The van der Waals surface area contributed by atoms with E-state index in [0.29, 0.717) is 11.6 Å². The first-order chi connectivity index (χ1) is 8.24. The minimum Gasteiger partial charge on any atom is -0.306 e. The molecule has 0 bridgehead atoms. The molecule has 1 aromatic rings. The van der Waals surface area contributed by atoms with Gasteiger partial charge in [0.05, 0.1) is 0 Å². The van der Waals surface area contributed by atoms with Gasteiger partial charge in [0.15, 0.2) is 0 Å². The highest BCUT2D eigenvalue weighted by atomic mass is 16.1. The van der Waals surface area contributed by atoms with Gasteiger partial charge in [0, 0.05) is 18.0 Å². The van der Waals surface area contributed by atoms with Crippen LogP contribution in [-0.4, -0.2) is 9.97 Å². The maximum absolute atomic E-state index is 11.2. The van der Waals surface area contributed by atoms with Gasteiger partial charge < -0.3 is 5.43 Å². The van der Waals surface area contributed by atoms with E-state index in [0.717, 1.165) is 19.3 Å². The number of aryl methyl sites for hydroxylation is 1. The number of anilines is 1. The van der Waals surface area contributed by atoms with Gasteiger partial charge in [-0.05, 0) is 31.8 Å². The summed E-state index contributed by atoms with van der Waals surface area (Å²) < 4.78 is 0. The first-order valence-electron chi connectivity index (χ1n) is 5.66. The summed E-state index contributed by atoms with van der Waals surface area (Å²) in [5.41, 5.74) is 7.66. The van der Waals surface area contributed by atoms with Crippen molar-refractivity contribution in [2.24, 2.45) is 0 Å². The molecule has 1 aromatic heterocycles. The number of H-pyrrole nitrogens is 1. The highest BCUT2D eigenvalue weighted by Gasteiger charge is 1.99. The van der Waals surface area contributed by atoms with Gasteiger partial charge in [0.25, 0.3) is 5.56 Å². The number of hydrogen-bond acceptors (Lipinski definition) is 4. The van der Waals surface area contributed by atoms with Crippen LogP contribution in [0.5, 0.6) is 0 Å². The Bertz CT molecular complexity index is 501. The molecule has 3 N–H and O–H groups in total. The summed E-state index contributed by atoms with van der Waals surface area (Å²) in [5, 5.41) is 0. The second kappa shape index (κ2) is 5.34. The number of aromatic amines is 1. The van der Waals surface area contributed by atoms with Crippen molar-refractivity contribution in [3.63, 3.8) is 0 Å². The van der Waals surface area contributed by atoms with E-state index in [2.05, 4.69) is 33.0 Å². The Morgan fingerprint density at radius 3 is 3.06 bits per heavy atom. The number of hydrogen-bond donors (Lipinski definition) is 3. The predicted octanol–water partition coefficient (Wildman–Crippen LogP) is 1.62. The van der Waals surface area contributed by atoms with Crippen LogP contribution in [0.25, 0.3) is 0 Å². The fraction of sp³-hybridized carbons (Fsp3) is 0.333. The number of hydrazine groups is 1. The molecule has 0 atom stereocenters. The highest BCUT2D eigenvalue weighted by Crippen LogP contribution is 2.15. The van der Waals surface area contributed by atoms with E-state index in [4.69, 9.17) is 0 Å². The van der Waals surface area contributed by atoms with E-state index < -0.39 is 0 Å². The Labute approximate surface area is 99.6 Å². The molecule has 0 aromatic carbocycles. The van der Waals surface area contributed by atoms with Gasteiger partial charge in [-0.25, -0.2) is 4.98 Å². The van der Waals surface area contributed by atoms with Crippen molar-refractivity contribution < 1.29 is 0 Å². The van der Waals surface area contributed by atoms with Crippen molar-refractivity contribution in [3.05, 3.63) is 46.0 Å². The van der Waals surface area contributed by atoms with Crippen molar-refractivity contribution in [2.45, 2.75) is 26.2 Å². The van der Waals surface area contributed by atoms with E-state index in [1.165, 1.54) is 11.6 Å². The molecule has 0 spiro atoms. The highest BCUT2D eigenvalue weighted by molar-refractivity contribution is 5.24. The van der Waals surface area contributed by atoms with Gasteiger partial charge in [-0.2, -0.15) is 0 Å². The maximum Gasteiger partial charge on any atom is 0.252 e. The molecule has 5 heteroatoms. The first-order valence-corrected chi connectivity index (χ1v) is 5.66. The second-order valence-electron chi connectivity index (χ2n) is 4.02. The second-order valence-corrected chi connectivity index (χ2v) is 4.02. The van der Waals surface area contributed by atoms with Crippen LogP contribution in [0.4, 0.5) is 5.95 Å². The van der Waals surface area contributed by atoms with Crippen LogP contribution < -0.4 is 16.4 Å². The Hall–Kier alpha value is -2.04. The van der Waals surface area contributed by atoms with Crippen LogP contribution in [0, 0.1) is 6.92 Å². The Morgan fingerprint density at radius 2 is 2.35 bits per heavy atom. The zero-order valence-corrected chi connectivity index (χ0v) is 9.79. The summed E-state index contributed by atoms with van der Waals surface area (Å²) >= 11 is 0. The van der Waals surface area contributed by atoms with Crippen molar-refractivity contribution in [3.8, 4) is 0 Å². The SMILES string of the molecule is Cc1cc(=O)[nH]c(NNC=C2CC=CCC2)n1. The smallest absolute Gasteiger partial charge is 0.252 e. The molecule has 0 saturated heterocycles. The number of aromatic nitrogens is 2. The van der Waals surface area contributed by atoms with Gasteiger partial charge in [0.2, 0.25) is 5.95 Å². The van der Waals surface area contributed by atoms with Crippen LogP contribution in [-0.2, 0) is 0 Å².